The van der Waals surface area contributed by atoms with Crippen LogP contribution in [0.25, 0.3) is 11.0 Å². The van der Waals surface area contributed by atoms with Gasteiger partial charge in [-0.3, -0.25) is 9.59 Å². The molecule has 0 bridgehead atoms. The maximum absolute atomic E-state index is 13.2. The summed E-state index contributed by atoms with van der Waals surface area (Å²) in [5, 5.41) is 5.25. The highest BCUT2D eigenvalue weighted by atomic mass is 16.5. The highest BCUT2D eigenvalue weighted by molar-refractivity contribution is 5.97. The Balaban J connectivity index is 1.52. The van der Waals surface area contributed by atoms with Crippen LogP contribution in [0.1, 0.15) is 42.1 Å². The molecule has 4 rings (SSSR count). The average molecular weight is 467 g/mol. The summed E-state index contributed by atoms with van der Waals surface area (Å²) >= 11 is 0. The molecule has 1 aliphatic carbocycles. The Bertz CT molecular complexity index is 1170. The standard InChI is InChI=1S/C25H30N4O5/c1-4-34-23(30)9-10-28(15-17-5-6-17)25(31)20-11-19-14-27-29(24(19)26-13-20)16-18-7-8-21(32-2)12-22(18)33-3/h7-8,11-14,17H,4-6,9-10,15-16H2,1-3H3. The Morgan fingerprint density at radius 1 is 1.15 bits per heavy atom. The Hall–Kier alpha value is -3.62. The molecule has 1 fully saturated rings. The van der Waals surface area contributed by atoms with Crippen molar-refractivity contribution in [3.05, 3.63) is 47.8 Å². The van der Waals surface area contributed by atoms with Crippen molar-refractivity contribution in [1.82, 2.24) is 19.7 Å². The van der Waals surface area contributed by atoms with Crippen LogP contribution >= 0.6 is 0 Å². The van der Waals surface area contributed by atoms with E-state index >= 15 is 0 Å². The smallest absolute Gasteiger partial charge is 0.307 e. The minimum absolute atomic E-state index is 0.129. The third-order valence-electron chi connectivity index (χ3n) is 5.89. The predicted octanol–water partition coefficient (Wildman–Crippen LogP) is 3.30. The zero-order valence-corrected chi connectivity index (χ0v) is 19.8. The minimum Gasteiger partial charge on any atom is -0.497 e. The number of ether oxygens (including phenoxy) is 3. The summed E-state index contributed by atoms with van der Waals surface area (Å²) in [6.07, 6.45) is 5.70. The van der Waals surface area contributed by atoms with E-state index in [0.29, 0.717) is 54.9 Å². The summed E-state index contributed by atoms with van der Waals surface area (Å²) in [7, 11) is 3.23. The summed E-state index contributed by atoms with van der Waals surface area (Å²) in [6.45, 7) is 3.55. The Morgan fingerprint density at radius 2 is 1.97 bits per heavy atom. The molecule has 0 aliphatic heterocycles. The van der Waals surface area contributed by atoms with Gasteiger partial charge in [0.15, 0.2) is 5.65 Å². The first kappa shape index (κ1) is 23.5. The molecule has 9 heteroatoms. The van der Waals surface area contributed by atoms with Gasteiger partial charge in [-0.25, -0.2) is 9.67 Å². The van der Waals surface area contributed by atoms with Gasteiger partial charge in [0, 0.05) is 36.3 Å². The molecule has 2 aromatic heterocycles. The van der Waals surface area contributed by atoms with Gasteiger partial charge in [0.05, 0.1) is 45.6 Å². The number of carbonyl (C=O) groups is 2. The topological polar surface area (TPSA) is 95.8 Å². The number of nitrogens with zero attached hydrogens (tertiary/aromatic N) is 4. The van der Waals surface area contributed by atoms with E-state index in [2.05, 4.69) is 10.1 Å². The molecular weight excluding hydrogens is 436 g/mol. The second kappa shape index (κ2) is 10.5. The fourth-order valence-electron chi connectivity index (χ4n) is 3.88. The lowest BCUT2D eigenvalue weighted by molar-refractivity contribution is -0.143. The number of rotatable bonds is 11. The quantitative estimate of drug-likeness (QED) is 0.400. The molecule has 0 unspecified atom stereocenters. The van der Waals surface area contributed by atoms with Crippen LogP contribution in [0.3, 0.4) is 0 Å². The molecule has 0 radical (unpaired) electrons. The van der Waals surface area contributed by atoms with Crippen molar-refractivity contribution >= 4 is 22.9 Å². The molecule has 1 aromatic carbocycles. The molecule has 180 valence electrons. The molecule has 0 N–H and O–H groups in total. The third-order valence-corrected chi connectivity index (χ3v) is 5.89. The lowest BCUT2D eigenvalue weighted by atomic mass is 10.2. The van der Waals surface area contributed by atoms with Crippen LogP contribution < -0.4 is 9.47 Å². The van der Waals surface area contributed by atoms with Gasteiger partial charge in [-0.1, -0.05) is 0 Å². The van der Waals surface area contributed by atoms with E-state index in [-0.39, 0.29) is 18.3 Å². The van der Waals surface area contributed by atoms with E-state index in [9.17, 15) is 9.59 Å². The van der Waals surface area contributed by atoms with Gasteiger partial charge in [-0.2, -0.15) is 5.10 Å². The number of fused-ring (bicyclic) bond motifs is 1. The fraction of sp³-hybridized carbons (Fsp3) is 0.440. The number of hydrogen-bond donors (Lipinski definition) is 0. The molecule has 1 amide bonds. The number of amides is 1. The largest absolute Gasteiger partial charge is 0.497 e. The van der Waals surface area contributed by atoms with E-state index in [1.165, 1.54) is 0 Å². The zero-order chi connectivity index (χ0) is 24.1. The van der Waals surface area contributed by atoms with E-state index in [4.69, 9.17) is 14.2 Å². The van der Waals surface area contributed by atoms with Crippen LogP contribution in [0.4, 0.5) is 0 Å². The second-order valence-corrected chi connectivity index (χ2v) is 8.37. The lowest BCUT2D eigenvalue weighted by Gasteiger charge is -2.22. The number of esters is 1. The monoisotopic (exact) mass is 466 g/mol. The van der Waals surface area contributed by atoms with Crippen LogP contribution in [-0.4, -0.2) is 65.5 Å². The van der Waals surface area contributed by atoms with Crippen molar-refractivity contribution in [2.45, 2.75) is 32.7 Å². The maximum atomic E-state index is 13.2. The number of pyridine rings is 1. The number of hydrogen-bond acceptors (Lipinski definition) is 7. The first-order valence-corrected chi connectivity index (χ1v) is 11.5. The van der Waals surface area contributed by atoms with Crippen LogP contribution in [-0.2, 0) is 16.1 Å². The van der Waals surface area contributed by atoms with E-state index in [1.54, 1.807) is 43.1 Å². The van der Waals surface area contributed by atoms with Gasteiger partial charge in [0.25, 0.3) is 5.91 Å². The highest BCUT2D eigenvalue weighted by Crippen LogP contribution is 2.30. The average Bonchev–Trinajstić information content (AvgIpc) is 3.60. The van der Waals surface area contributed by atoms with E-state index in [1.807, 2.05) is 24.3 Å². The van der Waals surface area contributed by atoms with Crippen LogP contribution in [0, 0.1) is 5.92 Å². The predicted molar refractivity (Wildman–Crippen MR) is 126 cm³/mol. The third kappa shape index (κ3) is 5.47. The van der Waals surface area contributed by atoms with Gasteiger partial charge in [0.1, 0.15) is 11.5 Å². The van der Waals surface area contributed by atoms with Crippen LogP contribution in [0.15, 0.2) is 36.7 Å². The maximum Gasteiger partial charge on any atom is 0.307 e. The molecule has 34 heavy (non-hydrogen) atoms. The molecule has 0 atom stereocenters. The minimum atomic E-state index is -0.292. The summed E-state index contributed by atoms with van der Waals surface area (Å²) in [5.41, 5.74) is 2.10. The summed E-state index contributed by atoms with van der Waals surface area (Å²) in [4.78, 5) is 31.3. The van der Waals surface area contributed by atoms with Crippen molar-refractivity contribution in [1.29, 1.82) is 0 Å². The zero-order valence-electron chi connectivity index (χ0n) is 19.8. The van der Waals surface area contributed by atoms with Gasteiger partial charge in [-0.05, 0) is 43.9 Å². The second-order valence-electron chi connectivity index (χ2n) is 8.37. The lowest BCUT2D eigenvalue weighted by Crippen LogP contribution is -2.35. The SMILES string of the molecule is CCOC(=O)CCN(CC1CC1)C(=O)c1cnc2c(cnn2Cc2ccc(OC)cc2OC)c1. The molecule has 1 aliphatic rings. The number of carbonyl (C=O) groups excluding carboxylic acids is 2. The normalized spacial score (nSPS) is 13.0. The van der Waals surface area contributed by atoms with Crippen molar-refractivity contribution in [3.63, 3.8) is 0 Å². The highest BCUT2D eigenvalue weighted by Gasteiger charge is 2.28. The van der Waals surface area contributed by atoms with Crippen molar-refractivity contribution in [2.24, 2.45) is 5.92 Å². The summed E-state index contributed by atoms with van der Waals surface area (Å²) in [6, 6.07) is 7.44. The van der Waals surface area contributed by atoms with Crippen molar-refractivity contribution < 1.29 is 23.8 Å². The molecule has 3 aromatic rings. The van der Waals surface area contributed by atoms with Crippen molar-refractivity contribution in [2.75, 3.05) is 33.9 Å². The van der Waals surface area contributed by atoms with Gasteiger partial charge in [0.2, 0.25) is 0 Å². The van der Waals surface area contributed by atoms with Crippen LogP contribution in [0.5, 0.6) is 11.5 Å². The van der Waals surface area contributed by atoms with E-state index in [0.717, 1.165) is 23.8 Å². The van der Waals surface area contributed by atoms with Gasteiger partial charge >= 0.3 is 5.97 Å². The summed E-state index contributed by atoms with van der Waals surface area (Å²) < 4.78 is 17.6. The fourth-order valence-corrected chi connectivity index (χ4v) is 3.88. The number of aromatic nitrogens is 3. The summed E-state index contributed by atoms with van der Waals surface area (Å²) in [5.74, 6) is 1.50. The van der Waals surface area contributed by atoms with E-state index < -0.39 is 0 Å². The van der Waals surface area contributed by atoms with Crippen molar-refractivity contribution in [3.8, 4) is 11.5 Å². The van der Waals surface area contributed by atoms with Gasteiger partial charge < -0.3 is 19.1 Å². The molecule has 0 saturated heterocycles. The van der Waals surface area contributed by atoms with Gasteiger partial charge in [-0.15, -0.1) is 0 Å². The number of benzene rings is 1. The van der Waals surface area contributed by atoms with Crippen LogP contribution in [0.2, 0.25) is 0 Å². The molecule has 0 spiro atoms. The Labute approximate surface area is 198 Å². The molecule has 9 nitrogen and oxygen atoms in total. The Kier molecular flexibility index (Phi) is 7.30. The molecule has 1 saturated carbocycles. The number of methoxy groups -OCH3 is 2. The first-order chi connectivity index (χ1) is 16.5. The molecule has 2 heterocycles. The molecular formula is C25H30N4O5. The Morgan fingerprint density at radius 3 is 2.68 bits per heavy atom. The first-order valence-electron chi connectivity index (χ1n) is 11.5.